The molecule has 0 aromatic carbocycles. The minimum atomic E-state index is -1.22. The van der Waals surface area contributed by atoms with Gasteiger partial charge in [0.25, 0.3) is 5.56 Å². The lowest BCUT2D eigenvalue weighted by Crippen LogP contribution is -2.37. The fourth-order valence-electron chi connectivity index (χ4n) is 3.49. The van der Waals surface area contributed by atoms with E-state index in [9.17, 15) is 24.3 Å². The highest BCUT2D eigenvalue weighted by Gasteiger charge is 2.46. The van der Waals surface area contributed by atoms with E-state index >= 15 is 0 Å². The highest BCUT2D eigenvalue weighted by Crippen LogP contribution is 2.33. The van der Waals surface area contributed by atoms with Crippen molar-refractivity contribution in [1.82, 2.24) is 19.5 Å². The van der Waals surface area contributed by atoms with Crippen LogP contribution in [0.1, 0.15) is 39.8 Å². The number of amides is 1. The molecule has 14 heteroatoms. The Kier molecular flexibility index (Phi) is 9.25. The quantitative estimate of drug-likeness (QED) is 0.257. The molecule has 14 nitrogen and oxygen atoms in total. The van der Waals surface area contributed by atoms with E-state index in [4.69, 9.17) is 18.9 Å². The monoisotopic (exact) mass is 509 g/mol. The van der Waals surface area contributed by atoms with Gasteiger partial charge in [0.15, 0.2) is 17.4 Å². The normalized spacial score (nSPS) is 21.7. The van der Waals surface area contributed by atoms with Crippen molar-refractivity contribution in [3.8, 4) is 0 Å². The molecule has 36 heavy (non-hydrogen) atoms. The number of rotatable bonds is 12. The molecule has 3 N–H and O–H groups in total. The standard InChI is InChI=1S/C22H31N5O9/c1-11(2)19(31)25-22-24-18-15(20(32)26-22)23-10-27(18)21-17(34-8-7-33-4)16(30)13(36-21)9-35-14(29)6-5-12(3)28/h10-11,13,16-17,21,30H,5-9H2,1-4H3,(H2,24,25,26,31,32)/t13-,16-,17-,21-/m1/s1. The van der Waals surface area contributed by atoms with Crippen molar-refractivity contribution >= 4 is 34.8 Å². The maximum Gasteiger partial charge on any atom is 0.306 e. The zero-order valence-corrected chi connectivity index (χ0v) is 20.6. The summed E-state index contributed by atoms with van der Waals surface area (Å²) in [6.45, 7) is 4.85. The minimum Gasteiger partial charge on any atom is -0.463 e. The van der Waals surface area contributed by atoms with Crippen molar-refractivity contribution in [3.63, 3.8) is 0 Å². The van der Waals surface area contributed by atoms with Crippen LogP contribution in [0.15, 0.2) is 11.1 Å². The van der Waals surface area contributed by atoms with Gasteiger partial charge in [0, 0.05) is 19.4 Å². The molecule has 2 aromatic heterocycles. The number of hydrogen-bond acceptors (Lipinski definition) is 11. The molecule has 2 aromatic rings. The number of nitrogens with zero attached hydrogens (tertiary/aromatic N) is 3. The van der Waals surface area contributed by atoms with E-state index in [2.05, 4.69) is 20.3 Å². The number of aliphatic hydroxyl groups is 1. The number of aromatic nitrogens is 4. The van der Waals surface area contributed by atoms with E-state index in [0.29, 0.717) is 0 Å². The number of ketones is 1. The number of carbonyl (C=O) groups is 3. The van der Waals surface area contributed by atoms with Gasteiger partial charge in [-0.3, -0.25) is 29.3 Å². The number of methoxy groups -OCH3 is 1. The zero-order chi connectivity index (χ0) is 26.4. The molecule has 1 aliphatic rings. The molecule has 0 spiro atoms. The Labute approximate surface area is 206 Å². The van der Waals surface area contributed by atoms with Crippen LogP contribution in [0.2, 0.25) is 0 Å². The summed E-state index contributed by atoms with van der Waals surface area (Å²) in [7, 11) is 1.50. The molecule has 1 saturated heterocycles. The number of carbonyl (C=O) groups excluding carboxylic acids is 3. The molecule has 1 aliphatic heterocycles. The fraction of sp³-hybridized carbons (Fsp3) is 0.636. The van der Waals surface area contributed by atoms with E-state index in [1.54, 1.807) is 13.8 Å². The maximum absolute atomic E-state index is 12.5. The highest BCUT2D eigenvalue weighted by atomic mass is 16.6. The van der Waals surface area contributed by atoms with Gasteiger partial charge >= 0.3 is 5.97 Å². The van der Waals surface area contributed by atoms with Gasteiger partial charge in [-0.25, -0.2) is 4.98 Å². The second-order valence-corrected chi connectivity index (χ2v) is 8.65. The summed E-state index contributed by atoms with van der Waals surface area (Å²) in [5.41, 5.74) is -0.496. The van der Waals surface area contributed by atoms with Crippen LogP contribution in [-0.4, -0.2) is 87.5 Å². The number of ether oxygens (including phenoxy) is 4. The van der Waals surface area contributed by atoms with Gasteiger partial charge in [-0.15, -0.1) is 0 Å². The van der Waals surface area contributed by atoms with Crippen molar-refractivity contribution < 1.29 is 38.4 Å². The number of anilines is 1. The number of aromatic amines is 1. The van der Waals surface area contributed by atoms with E-state index in [1.165, 1.54) is 24.9 Å². The van der Waals surface area contributed by atoms with Crippen LogP contribution in [0.3, 0.4) is 0 Å². The Hall–Kier alpha value is -3.20. The largest absolute Gasteiger partial charge is 0.463 e. The first kappa shape index (κ1) is 27.4. The lowest BCUT2D eigenvalue weighted by molar-refractivity contribution is -0.150. The lowest BCUT2D eigenvalue weighted by Gasteiger charge is -2.22. The molecule has 3 heterocycles. The molecular formula is C22H31N5O9. The van der Waals surface area contributed by atoms with E-state index in [1.807, 2.05) is 0 Å². The Balaban J connectivity index is 1.86. The zero-order valence-electron chi connectivity index (χ0n) is 20.6. The fourth-order valence-corrected chi connectivity index (χ4v) is 3.49. The highest BCUT2D eigenvalue weighted by molar-refractivity contribution is 5.91. The number of Topliss-reactive ketones (excluding diaryl/α,β-unsaturated/α-hetero) is 1. The molecule has 0 aliphatic carbocycles. The number of esters is 1. The second kappa shape index (κ2) is 12.2. The Morgan fingerprint density at radius 1 is 1.28 bits per heavy atom. The summed E-state index contributed by atoms with van der Waals surface area (Å²) in [6.07, 6.45) is -2.85. The number of imidazole rings is 1. The number of hydrogen-bond donors (Lipinski definition) is 3. The van der Waals surface area contributed by atoms with Crippen molar-refractivity contribution in [2.75, 3.05) is 32.2 Å². The first-order valence-corrected chi connectivity index (χ1v) is 11.5. The van der Waals surface area contributed by atoms with Crippen LogP contribution in [0.4, 0.5) is 5.95 Å². The first-order valence-electron chi connectivity index (χ1n) is 11.5. The van der Waals surface area contributed by atoms with Crippen LogP contribution in [-0.2, 0) is 33.3 Å². The van der Waals surface area contributed by atoms with Gasteiger partial charge in [0.1, 0.15) is 30.7 Å². The smallest absolute Gasteiger partial charge is 0.306 e. The summed E-state index contributed by atoms with van der Waals surface area (Å²) in [4.78, 5) is 58.5. The molecule has 3 rings (SSSR count). The maximum atomic E-state index is 12.5. The van der Waals surface area contributed by atoms with E-state index < -0.39 is 36.1 Å². The van der Waals surface area contributed by atoms with Crippen molar-refractivity contribution in [3.05, 3.63) is 16.7 Å². The van der Waals surface area contributed by atoms with Gasteiger partial charge in [-0.2, -0.15) is 4.98 Å². The number of fused-ring (bicyclic) bond motifs is 1. The first-order chi connectivity index (χ1) is 17.1. The van der Waals surface area contributed by atoms with Crippen molar-refractivity contribution in [2.24, 2.45) is 5.92 Å². The van der Waals surface area contributed by atoms with Crippen molar-refractivity contribution in [2.45, 2.75) is 58.2 Å². The van der Waals surface area contributed by atoms with E-state index in [-0.39, 0.29) is 67.4 Å². The molecule has 4 atom stereocenters. The number of H-pyrrole nitrogens is 1. The van der Waals surface area contributed by atoms with E-state index in [0.717, 1.165) is 0 Å². The van der Waals surface area contributed by atoms with Gasteiger partial charge in [0.05, 0.1) is 26.0 Å². The predicted octanol–water partition coefficient (Wildman–Crippen LogP) is -0.0836. The molecule has 0 saturated carbocycles. The minimum absolute atomic E-state index is 0.00890. The summed E-state index contributed by atoms with van der Waals surface area (Å²) >= 11 is 0. The summed E-state index contributed by atoms with van der Waals surface area (Å²) < 4.78 is 23.4. The summed E-state index contributed by atoms with van der Waals surface area (Å²) in [5.74, 6) is -1.51. The molecule has 0 unspecified atom stereocenters. The lowest BCUT2D eigenvalue weighted by atomic mass is 10.1. The molecule has 1 amide bonds. The second-order valence-electron chi connectivity index (χ2n) is 8.65. The third kappa shape index (κ3) is 6.51. The predicted molar refractivity (Wildman–Crippen MR) is 124 cm³/mol. The molecule has 0 bridgehead atoms. The summed E-state index contributed by atoms with van der Waals surface area (Å²) in [5, 5.41) is 13.4. The van der Waals surface area contributed by atoms with Gasteiger partial charge in [-0.1, -0.05) is 13.8 Å². The SMILES string of the molecule is COCCO[C@@H]1[C@H](O)[C@@H](COC(=O)CCC(C)=O)O[C@H]1n1cnc2c(=O)[nH]c(NC(=O)C(C)C)nc21. The van der Waals surface area contributed by atoms with Gasteiger partial charge < -0.3 is 28.8 Å². The Morgan fingerprint density at radius 2 is 2.03 bits per heavy atom. The van der Waals surface area contributed by atoms with Crippen LogP contribution in [0, 0.1) is 5.92 Å². The van der Waals surface area contributed by atoms with Crippen LogP contribution in [0.25, 0.3) is 11.2 Å². The Morgan fingerprint density at radius 3 is 2.69 bits per heavy atom. The number of nitrogens with one attached hydrogen (secondary N) is 2. The van der Waals surface area contributed by atoms with Crippen LogP contribution in [0.5, 0.6) is 0 Å². The average molecular weight is 510 g/mol. The number of aliphatic hydroxyl groups excluding tert-OH is 1. The van der Waals surface area contributed by atoms with Crippen LogP contribution < -0.4 is 10.9 Å². The van der Waals surface area contributed by atoms with Crippen molar-refractivity contribution in [1.29, 1.82) is 0 Å². The van der Waals surface area contributed by atoms with Gasteiger partial charge in [0.2, 0.25) is 11.9 Å². The van der Waals surface area contributed by atoms with Crippen LogP contribution >= 0.6 is 0 Å². The molecule has 1 fully saturated rings. The molecule has 0 radical (unpaired) electrons. The van der Waals surface area contributed by atoms with Gasteiger partial charge in [-0.05, 0) is 6.92 Å². The topological polar surface area (TPSA) is 184 Å². The third-order valence-corrected chi connectivity index (χ3v) is 5.47. The molecular weight excluding hydrogens is 478 g/mol. The Bertz CT molecular complexity index is 1140. The summed E-state index contributed by atoms with van der Waals surface area (Å²) in [6, 6.07) is 0. The average Bonchev–Trinajstić information content (AvgIpc) is 3.37. The third-order valence-electron chi connectivity index (χ3n) is 5.47. The molecule has 198 valence electrons.